The van der Waals surface area contributed by atoms with Crippen molar-refractivity contribution in [1.29, 1.82) is 0 Å². The van der Waals surface area contributed by atoms with Crippen molar-refractivity contribution in [3.63, 3.8) is 0 Å². The molecule has 0 aromatic rings. The van der Waals surface area contributed by atoms with Crippen molar-refractivity contribution in [3.8, 4) is 0 Å². The van der Waals surface area contributed by atoms with E-state index in [2.05, 4.69) is 28.9 Å². The van der Waals surface area contributed by atoms with Crippen LogP contribution in [0.3, 0.4) is 0 Å². The van der Waals surface area contributed by atoms with Crippen molar-refractivity contribution in [2.24, 2.45) is 5.92 Å². The lowest BCUT2D eigenvalue weighted by Gasteiger charge is -2.31. The molecule has 1 aliphatic carbocycles. The van der Waals surface area contributed by atoms with Gasteiger partial charge in [-0.1, -0.05) is 26.2 Å². The van der Waals surface area contributed by atoms with Gasteiger partial charge < -0.3 is 10.2 Å². The molecule has 106 valence electrons. The van der Waals surface area contributed by atoms with Crippen molar-refractivity contribution in [3.05, 3.63) is 0 Å². The molecule has 1 aliphatic heterocycles. The smallest absolute Gasteiger partial charge is 0.0107 e. The second-order valence-corrected chi connectivity index (χ2v) is 7.05. The summed E-state index contributed by atoms with van der Waals surface area (Å²) < 4.78 is 0. The molecule has 2 aliphatic rings. The van der Waals surface area contributed by atoms with E-state index in [9.17, 15) is 0 Å². The van der Waals surface area contributed by atoms with Crippen LogP contribution in [-0.4, -0.2) is 48.6 Å². The van der Waals surface area contributed by atoms with Crippen LogP contribution in [0.15, 0.2) is 0 Å². The molecule has 0 spiro atoms. The average Bonchev–Trinajstić information content (AvgIpc) is 2.74. The molecule has 2 nitrogen and oxygen atoms in total. The third kappa shape index (κ3) is 4.75. The van der Waals surface area contributed by atoms with Gasteiger partial charge in [0.05, 0.1) is 0 Å². The summed E-state index contributed by atoms with van der Waals surface area (Å²) >= 11 is 2.14. The molecule has 0 aromatic carbocycles. The van der Waals surface area contributed by atoms with Gasteiger partial charge in [-0.25, -0.2) is 0 Å². The Bertz CT molecular complexity index is 215. The second kappa shape index (κ2) is 8.44. The molecule has 1 N–H and O–H groups in total. The fourth-order valence-corrected chi connectivity index (χ4v) is 4.37. The number of thioether (sulfide) groups is 1. The summed E-state index contributed by atoms with van der Waals surface area (Å²) in [5, 5.41) is 3.75. The Balaban J connectivity index is 1.85. The molecule has 0 amide bonds. The molecular weight excluding hydrogens is 240 g/mol. The van der Waals surface area contributed by atoms with Crippen LogP contribution in [0.2, 0.25) is 0 Å². The van der Waals surface area contributed by atoms with Crippen LogP contribution in [0, 0.1) is 5.92 Å². The Morgan fingerprint density at radius 2 is 1.94 bits per heavy atom. The largest absolute Gasteiger partial charge is 0.314 e. The molecule has 0 bridgehead atoms. The molecule has 2 atom stereocenters. The minimum absolute atomic E-state index is 0.786. The SMILES string of the molecule is CCNC1CCCCCC1CN1CCCSCC1. The van der Waals surface area contributed by atoms with Crippen molar-refractivity contribution < 1.29 is 0 Å². The molecule has 18 heavy (non-hydrogen) atoms. The predicted octanol–water partition coefficient (Wildman–Crippen LogP) is 2.98. The highest BCUT2D eigenvalue weighted by Gasteiger charge is 2.25. The van der Waals surface area contributed by atoms with E-state index >= 15 is 0 Å². The van der Waals surface area contributed by atoms with Gasteiger partial charge in [0.2, 0.25) is 0 Å². The van der Waals surface area contributed by atoms with E-state index < -0.39 is 0 Å². The van der Waals surface area contributed by atoms with Gasteiger partial charge in [0.1, 0.15) is 0 Å². The fourth-order valence-electron chi connectivity index (χ4n) is 3.45. The van der Waals surface area contributed by atoms with Crippen LogP contribution in [-0.2, 0) is 0 Å². The standard InChI is InChI=1S/C15H30N2S/c1-2-16-15-8-5-3-4-7-14(15)13-17-9-6-11-18-12-10-17/h14-16H,2-13H2,1H3. The van der Waals surface area contributed by atoms with Gasteiger partial charge in [0, 0.05) is 24.9 Å². The van der Waals surface area contributed by atoms with Crippen LogP contribution in [0.1, 0.15) is 45.4 Å². The van der Waals surface area contributed by atoms with Crippen molar-refractivity contribution in [1.82, 2.24) is 10.2 Å². The van der Waals surface area contributed by atoms with E-state index in [0.29, 0.717) is 0 Å². The highest BCUT2D eigenvalue weighted by Crippen LogP contribution is 2.25. The van der Waals surface area contributed by atoms with Gasteiger partial charge in [0.15, 0.2) is 0 Å². The fraction of sp³-hybridized carbons (Fsp3) is 1.00. The van der Waals surface area contributed by atoms with E-state index in [-0.39, 0.29) is 0 Å². The van der Waals surface area contributed by atoms with Gasteiger partial charge in [-0.3, -0.25) is 0 Å². The molecular formula is C15H30N2S. The first-order chi connectivity index (χ1) is 8.90. The van der Waals surface area contributed by atoms with E-state index in [1.807, 2.05) is 0 Å². The van der Waals surface area contributed by atoms with E-state index in [1.54, 1.807) is 0 Å². The number of hydrogen-bond acceptors (Lipinski definition) is 3. The minimum Gasteiger partial charge on any atom is -0.314 e. The third-order valence-corrected chi connectivity index (χ3v) is 5.48. The monoisotopic (exact) mass is 270 g/mol. The van der Waals surface area contributed by atoms with Gasteiger partial charge in [-0.2, -0.15) is 11.8 Å². The van der Waals surface area contributed by atoms with Crippen LogP contribution in [0.5, 0.6) is 0 Å². The molecule has 0 aromatic heterocycles. The van der Waals surface area contributed by atoms with Gasteiger partial charge in [0.25, 0.3) is 0 Å². The Kier molecular flexibility index (Phi) is 6.88. The zero-order valence-corrected chi connectivity index (χ0v) is 12.8. The quantitative estimate of drug-likeness (QED) is 0.791. The number of nitrogens with zero attached hydrogens (tertiary/aromatic N) is 1. The van der Waals surface area contributed by atoms with Gasteiger partial charge >= 0.3 is 0 Å². The summed E-state index contributed by atoms with van der Waals surface area (Å²) in [6, 6.07) is 0.786. The van der Waals surface area contributed by atoms with Crippen LogP contribution >= 0.6 is 11.8 Å². The van der Waals surface area contributed by atoms with Gasteiger partial charge in [-0.05, 0) is 44.0 Å². The van der Waals surface area contributed by atoms with Crippen LogP contribution in [0.4, 0.5) is 0 Å². The summed E-state index contributed by atoms with van der Waals surface area (Å²) in [6.07, 6.45) is 8.58. The van der Waals surface area contributed by atoms with E-state index in [0.717, 1.165) is 18.5 Å². The molecule has 0 radical (unpaired) electrons. The Morgan fingerprint density at radius 3 is 2.83 bits per heavy atom. The van der Waals surface area contributed by atoms with Crippen molar-refractivity contribution in [2.75, 3.05) is 37.7 Å². The third-order valence-electron chi connectivity index (χ3n) is 4.43. The normalized spacial score (nSPS) is 31.8. The lowest BCUT2D eigenvalue weighted by molar-refractivity contribution is 0.205. The zero-order chi connectivity index (χ0) is 12.6. The summed E-state index contributed by atoms with van der Waals surface area (Å²) in [5.74, 6) is 3.62. The molecule has 2 fully saturated rings. The van der Waals surface area contributed by atoms with E-state index in [4.69, 9.17) is 0 Å². The highest BCUT2D eigenvalue weighted by atomic mass is 32.2. The summed E-state index contributed by atoms with van der Waals surface area (Å²) in [5.41, 5.74) is 0. The summed E-state index contributed by atoms with van der Waals surface area (Å²) in [6.45, 7) is 7.39. The Morgan fingerprint density at radius 1 is 1.06 bits per heavy atom. The lowest BCUT2D eigenvalue weighted by Crippen LogP contribution is -2.42. The maximum absolute atomic E-state index is 3.75. The molecule has 3 heteroatoms. The topological polar surface area (TPSA) is 15.3 Å². The number of rotatable bonds is 4. The Labute approximate surface area is 117 Å². The zero-order valence-electron chi connectivity index (χ0n) is 12.0. The van der Waals surface area contributed by atoms with Crippen LogP contribution < -0.4 is 5.32 Å². The maximum atomic E-state index is 3.75. The first kappa shape index (κ1) is 14.7. The first-order valence-electron chi connectivity index (χ1n) is 7.93. The molecule has 1 heterocycles. The number of nitrogens with one attached hydrogen (secondary N) is 1. The molecule has 2 unspecified atom stereocenters. The second-order valence-electron chi connectivity index (χ2n) is 5.83. The minimum atomic E-state index is 0.786. The van der Waals surface area contributed by atoms with E-state index in [1.165, 1.54) is 69.7 Å². The summed E-state index contributed by atoms with van der Waals surface area (Å²) in [4.78, 5) is 2.74. The number of hydrogen-bond donors (Lipinski definition) is 1. The van der Waals surface area contributed by atoms with Crippen LogP contribution in [0.25, 0.3) is 0 Å². The van der Waals surface area contributed by atoms with Crippen molar-refractivity contribution >= 4 is 11.8 Å². The molecule has 1 saturated heterocycles. The maximum Gasteiger partial charge on any atom is 0.0107 e. The van der Waals surface area contributed by atoms with Gasteiger partial charge in [-0.15, -0.1) is 0 Å². The average molecular weight is 270 g/mol. The summed E-state index contributed by atoms with van der Waals surface area (Å²) in [7, 11) is 0. The lowest BCUT2D eigenvalue weighted by atomic mass is 9.94. The van der Waals surface area contributed by atoms with Crippen molar-refractivity contribution in [2.45, 2.75) is 51.5 Å². The molecule has 1 saturated carbocycles. The Hall–Kier alpha value is 0.270. The molecule has 2 rings (SSSR count). The first-order valence-corrected chi connectivity index (χ1v) is 9.09. The predicted molar refractivity (Wildman–Crippen MR) is 82.4 cm³/mol. The highest BCUT2D eigenvalue weighted by molar-refractivity contribution is 7.99.